The SMILES string of the molecule is CC(=O)Nc1ccc(C(=O)NN2C(=O)C(Cl)C2=Cc2ccco2)cc1. The van der Waals surface area contributed by atoms with E-state index in [1.165, 1.54) is 13.2 Å². The molecule has 1 aliphatic heterocycles. The van der Waals surface area contributed by atoms with Gasteiger partial charge in [-0.2, -0.15) is 0 Å². The van der Waals surface area contributed by atoms with Crippen molar-refractivity contribution in [2.24, 2.45) is 0 Å². The molecular weight excluding hydrogens is 346 g/mol. The summed E-state index contributed by atoms with van der Waals surface area (Å²) in [5.41, 5.74) is 3.82. The summed E-state index contributed by atoms with van der Waals surface area (Å²) in [6.45, 7) is 1.39. The molecule has 8 heteroatoms. The highest BCUT2D eigenvalue weighted by Crippen LogP contribution is 2.29. The van der Waals surface area contributed by atoms with E-state index in [1.807, 2.05) is 0 Å². The van der Waals surface area contributed by atoms with Crippen LogP contribution in [0.25, 0.3) is 6.08 Å². The van der Waals surface area contributed by atoms with Crippen LogP contribution in [0.1, 0.15) is 23.0 Å². The fraction of sp³-hybridized carbons (Fsp3) is 0.118. The number of hydrogen-bond acceptors (Lipinski definition) is 4. The lowest BCUT2D eigenvalue weighted by Crippen LogP contribution is -2.59. The summed E-state index contributed by atoms with van der Waals surface area (Å²) in [5, 5.41) is 2.85. The Morgan fingerprint density at radius 1 is 1.24 bits per heavy atom. The Bertz CT molecular complexity index is 843. The summed E-state index contributed by atoms with van der Waals surface area (Å²) in [6, 6.07) is 9.68. The first kappa shape index (κ1) is 16.8. The summed E-state index contributed by atoms with van der Waals surface area (Å²) in [4.78, 5) is 35.2. The molecule has 1 unspecified atom stereocenters. The van der Waals surface area contributed by atoms with Crippen molar-refractivity contribution < 1.29 is 18.8 Å². The maximum atomic E-state index is 12.3. The van der Waals surface area contributed by atoms with Gasteiger partial charge < -0.3 is 9.73 Å². The lowest BCUT2D eigenvalue weighted by molar-refractivity contribution is -0.136. The molecule has 0 aliphatic carbocycles. The summed E-state index contributed by atoms with van der Waals surface area (Å²) >= 11 is 5.98. The molecule has 0 spiro atoms. The number of hydrogen-bond donors (Lipinski definition) is 2. The van der Waals surface area contributed by atoms with Gasteiger partial charge in [-0.05, 0) is 36.4 Å². The van der Waals surface area contributed by atoms with Crippen molar-refractivity contribution in [3.63, 3.8) is 0 Å². The van der Waals surface area contributed by atoms with E-state index in [0.29, 0.717) is 22.7 Å². The molecular formula is C17H14ClN3O4. The van der Waals surface area contributed by atoms with E-state index >= 15 is 0 Å². The van der Waals surface area contributed by atoms with Gasteiger partial charge in [0.15, 0.2) is 5.38 Å². The zero-order valence-electron chi connectivity index (χ0n) is 13.2. The van der Waals surface area contributed by atoms with Crippen molar-refractivity contribution in [2.45, 2.75) is 12.3 Å². The van der Waals surface area contributed by atoms with Gasteiger partial charge in [0.2, 0.25) is 5.91 Å². The maximum absolute atomic E-state index is 12.3. The number of rotatable bonds is 4. The fourth-order valence-electron chi connectivity index (χ4n) is 2.27. The number of nitrogens with zero attached hydrogens (tertiary/aromatic N) is 1. The third kappa shape index (κ3) is 3.56. The van der Waals surface area contributed by atoms with Crippen LogP contribution in [0.4, 0.5) is 5.69 Å². The minimum absolute atomic E-state index is 0.204. The van der Waals surface area contributed by atoms with E-state index in [4.69, 9.17) is 16.0 Å². The first-order chi connectivity index (χ1) is 12.0. The first-order valence-corrected chi connectivity index (χ1v) is 7.81. The van der Waals surface area contributed by atoms with E-state index in [-0.39, 0.29) is 5.91 Å². The Hall–Kier alpha value is -3.06. The van der Waals surface area contributed by atoms with Gasteiger partial charge in [0.1, 0.15) is 5.76 Å². The Morgan fingerprint density at radius 2 is 1.96 bits per heavy atom. The topological polar surface area (TPSA) is 91.7 Å². The first-order valence-electron chi connectivity index (χ1n) is 7.37. The standard InChI is InChI=1S/C17H14ClN3O4/c1-10(22)19-12-6-4-11(5-7-12)16(23)20-21-14(15(18)17(21)24)9-13-3-2-8-25-13/h2-9,15H,1H3,(H,19,22)(H,20,23). The number of alkyl halides is 1. The van der Waals surface area contributed by atoms with Crippen LogP contribution in [-0.4, -0.2) is 28.1 Å². The van der Waals surface area contributed by atoms with Gasteiger partial charge in [0, 0.05) is 24.3 Å². The molecule has 1 fully saturated rings. The Morgan fingerprint density at radius 3 is 2.56 bits per heavy atom. The lowest BCUT2D eigenvalue weighted by atomic mass is 10.1. The number of carbonyl (C=O) groups excluding carboxylic acids is 3. The molecule has 2 aromatic rings. The molecule has 25 heavy (non-hydrogen) atoms. The Labute approximate surface area is 148 Å². The maximum Gasteiger partial charge on any atom is 0.270 e. The molecule has 128 valence electrons. The minimum Gasteiger partial charge on any atom is -0.465 e. The molecule has 1 saturated heterocycles. The van der Waals surface area contributed by atoms with Crippen LogP contribution >= 0.6 is 11.6 Å². The zero-order valence-corrected chi connectivity index (χ0v) is 13.9. The lowest BCUT2D eigenvalue weighted by Gasteiger charge is -2.37. The number of hydrazine groups is 1. The highest BCUT2D eigenvalue weighted by molar-refractivity contribution is 6.36. The number of nitrogens with one attached hydrogen (secondary N) is 2. The summed E-state index contributed by atoms with van der Waals surface area (Å²) < 4.78 is 5.19. The second kappa shape index (κ2) is 6.82. The average molecular weight is 360 g/mol. The number of furan rings is 1. The van der Waals surface area contributed by atoms with Gasteiger partial charge in [0.05, 0.1) is 12.0 Å². The highest BCUT2D eigenvalue weighted by atomic mass is 35.5. The van der Waals surface area contributed by atoms with Crippen LogP contribution in [0.15, 0.2) is 52.8 Å². The molecule has 3 amide bonds. The van der Waals surface area contributed by atoms with Crippen LogP contribution in [0, 0.1) is 0 Å². The summed E-state index contributed by atoms with van der Waals surface area (Å²) in [7, 11) is 0. The highest BCUT2D eigenvalue weighted by Gasteiger charge is 2.42. The zero-order chi connectivity index (χ0) is 18.0. The van der Waals surface area contributed by atoms with Gasteiger partial charge in [-0.3, -0.25) is 19.8 Å². The van der Waals surface area contributed by atoms with E-state index < -0.39 is 17.2 Å². The Kier molecular flexibility index (Phi) is 4.58. The second-order valence-electron chi connectivity index (χ2n) is 5.32. The molecule has 1 aromatic carbocycles. The number of halogens is 1. The van der Waals surface area contributed by atoms with Crippen LogP contribution in [0.2, 0.25) is 0 Å². The van der Waals surface area contributed by atoms with Gasteiger partial charge in [-0.1, -0.05) is 0 Å². The number of β-lactam (4-membered cyclic amide) rings is 1. The number of amides is 3. The summed E-state index contributed by atoms with van der Waals surface area (Å²) in [6.07, 6.45) is 3.08. The van der Waals surface area contributed by atoms with Crippen molar-refractivity contribution >= 4 is 41.1 Å². The molecule has 1 atom stereocenters. The van der Waals surface area contributed by atoms with Crippen molar-refractivity contribution in [3.8, 4) is 0 Å². The predicted octanol–water partition coefficient (Wildman–Crippen LogP) is 2.37. The van der Waals surface area contributed by atoms with E-state index in [0.717, 1.165) is 5.01 Å². The molecule has 0 bridgehead atoms. The normalized spacial score (nSPS) is 18.0. The average Bonchev–Trinajstić information content (AvgIpc) is 3.11. The predicted molar refractivity (Wildman–Crippen MR) is 91.4 cm³/mol. The van der Waals surface area contributed by atoms with Crippen LogP contribution in [-0.2, 0) is 9.59 Å². The second-order valence-corrected chi connectivity index (χ2v) is 5.76. The monoisotopic (exact) mass is 359 g/mol. The minimum atomic E-state index is -0.840. The fourth-order valence-corrected chi connectivity index (χ4v) is 2.52. The molecule has 0 saturated carbocycles. The molecule has 2 N–H and O–H groups in total. The third-order valence-electron chi connectivity index (χ3n) is 3.47. The van der Waals surface area contributed by atoms with Gasteiger partial charge in [0.25, 0.3) is 11.8 Å². The molecule has 1 aliphatic rings. The van der Waals surface area contributed by atoms with Gasteiger partial charge in [-0.25, -0.2) is 5.01 Å². The van der Waals surface area contributed by atoms with Crippen LogP contribution < -0.4 is 10.7 Å². The van der Waals surface area contributed by atoms with E-state index in [2.05, 4.69) is 10.7 Å². The third-order valence-corrected chi connectivity index (χ3v) is 3.88. The summed E-state index contributed by atoms with van der Waals surface area (Å²) in [5.74, 6) is -0.587. The van der Waals surface area contributed by atoms with Crippen molar-refractivity contribution in [2.75, 3.05) is 5.32 Å². The number of carbonyl (C=O) groups is 3. The molecule has 1 aromatic heterocycles. The molecule has 2 heterocycles. The van der Waals surface area contributed by atoms with E-state index in [1.54, 1.807) is 42.5 Å². The smallest absolute Gasteiger partial charge is 0.270 e. The van der Waals surface area contributed by atoms with Crippen molar-refractivity contribution in [1.82, 2.24) is 10.4 Å². The molecule has 0 radical (unpaired) electrons. The van der Waals surface area contributed by atoms with Gasteiger partial charge >= 0.3 is 0 Å². The van der Waals surface area contributed by atoms with Crippen molar-refractivity contribution in [1.29, 1.82) is 0 Å². The van der Waals surface area contributed by atoms with Crippen LogP contribution in [0.3, 0.4) is 0 Å². The number of anilines is 1. The van der Waals surface area contributed by atoms with Crippen LogP contribution in [0.5, 0.6) is 0 Å². The quantitative estimate of drug-likeness (QED) is 0.647. The van der Waals surface area contributed by atoms with Gasteiger partial charge in [-0.15, -0.1) is 11.6 Å². The van der Waals surface area contributed by atoms with E-state index in [9.17, 15) is 14.4 Å². The molecule has 7 nitrogen and oxygen atoms in total. The van der Waals surface area contributed by atoms with Crippen molar-refractivity contribution in [3.05, 3.63) is 59.7 Å². The molecule has 3 rings (SSSR count). The largest absolute Gasteiger partial charge is 0.465 e. The number of benzene rings is 1. The Balaban J connectivity index is 1.71.